The fraction of sp³-hybridized carbons (Fsp3) is 0.818. The lowest BCUT2D eigenvalue weighted by Gasteiger charge is -2.04. The van der Waals surface area contributed by atoms with Crippen LogP contribution in [0.5, 0.6) is 0 Å². The topological polar surface area (TPSA) is 74.6 Å². The van der Waals surface area contributed by atoms with Crippen LogP contribution in [0.25, 0.3) is 0 Å². The van der Waals surface area contributed by atoms with Crippen molar-refractivity contribution in [3.05, 3.63) is 12.2 Å². The first-order valence-electron chi connectivity index (χ1n) is 10.4. The number of rotatable bonds is 16. The number of hydrogen-bond donors (Lipinski definition) is 2. The molecule has 0 aromatic carbocycles. The summed E-state index contributed by atoms with van der Waals surface area (Å²) in [6, 6.07) is 0. The zero-order chi connectivity index (χ0) is 20.2. The fourth-order valence-electron chi connectivity index (χ4n) is 2.60. The summed E-state index contributed by atoms with van der Waals surface area (Å²) in [6.45, 7) is 9.22. The number of unbranched alkanes of at least 4 members (excludes halogenated alkanes) is 11. The quantitative estimate of drug-likeness (QED) is 0.230. The zero-order valence-corrected chi connectivity index (χ0v) is 17.4. The van der Waals surface area contributed by atoms with Gasteiger partial charge in [-0.15, -0.1) is 0 Å². The van der Waals surface area contributed by atoms with Gasteiger partial charge in [0.15, 0.2) is 0 Å². The third-order valence-corrected chi connectivity index (χ3v) is 4.29. The van der Waals surface area contributed by atoms with E-state index in [0.717, 1.165) is 18.8 Å². The molecule has 0 saturated heterocycles. The summed E-state index contributed by atoms with van der Waals surface area (Å²) in [5.41, 5.74) is 0.176. The van der Waals surface area contributed by atoms with E-state index < -0.39 is 11.9 Å². The molecule has 154 valence electrons. The Kier molecular flexibility index (Phi) is 20.7. The first-order valence-corrected chi connectivity index (χ1v) is 10.4. The van der Waals surface area contributed by atoms with Gasteiger partial charge < -0.3 is 10.2 Å². The summed E-state index contributed by atoms with van der Waals surface area (Å²) in [7, 11) is 0. The van der Waals surface area contributed by atoms with Gasteiger partial charge in [-0.3, -0.25) is 4.79 Å². The molecule has 0 bridgehead atoms. The monoisotopic (exact) mass is 370 g/mol. The molecule has 0 aliphatic rings. The van der Waals surface area contributed by atoms with Crippen LogP contribution in [0, 0.1) is 5.92 Å². The Morgan fingerprint density at radius 3 is 1.31 bits per heavy atom. The third kappa shape index (κ3) is 27.5. The van der Waals surface area contributed by atoms with E-state index in [1.54, 1.807) is 0 Å². The summed E-state index contributed by atoms with van der Waals surface area (Å²) in [4.78, 5) is 19.9. The van der Waals surface area contributed by atoms with Gasteiger partial charge in [0.2, 0.25) is 0 Å². The number of carboxylic acids is 2. The van der Waals surface area contributed by atoms with Crippen LogP contribution < -0.4 is 0 Å². The van der Waals surface area contributed by atoms with Crippen LogP contribution in [-0.4, -0.2) is 22.2 Å². The molecule has 26 heavy (non-hydrogen) atoms. The third-order valence-electron chi connectivity index (χ3n) is 4.29. The minimum Gasteiger partial charge on any atom is -0.481 e. The molecule has 0 atom stereocenters. The predicted octanol–water partition coefficient (Wildman–Crippen LogP) is 6.84. The van der Waals surface area contributed by atoms with Gasteiger partial charge in [0.25, 0.3) is 0 Å². The number of hydrogen-bond acceptors (Lipinski definition) is 2. The van der Waals surface area contributed by atoms with Crippen molar-refractivity contribution >= 4 is 11.9 Å². The summed E-state index contributed by atoms with van der Waals surface area (Å²) in [5, 5.41) is 16.4. The van der Waals surface area contributed by atoms with Crippen LogP contribution in [0.3, 0.4) is 0 Å². The molecule has 4 heteroatoms. The van der Waals surface area contributed by atoms with E-state index in [1.165, 1.54) is 77.6 Å². The lowest BCUT2D eigenvalue weighted by atomic mass is 10.0. The van der Waals surface area contributed by atoms with Crippen LogP contribution in [0.15, 0.2) is 12.2 Å². The molecule has 0 amide bonds. The maximum absolute atomic E-state index is 10.3. The first kappa shape index (κ1) is 26.9. The largest absolute Gasteiger partial charge is 0.481 e. The Morgan fingerprint density at radius 2 is 1.04 bits per heavy atom. The van der Waals surface area contributed by atoms with Crippen molar-refractivity contribution in [1.82, 2.24) is 0 Å². The second kappa shape index (κ2) is 20.0. The smallest absolute Gasteiger partial charge is 0.330 e. The van der Waals surface area contributed by atoms with Crippen molar-refractivity contribution in [2.24, 2.45) is 5.92 Å². The van der Waals surface area contributed by atoms with Crippen molar-refractivity contribution in [3.8, 4) is 0 Å². The maximum atomic E-state index is 10.3. The van der Waals surface area contributed by atoms with Gasteiger partial charge in [-0.05, 0) is 19.3 Å². The average Bonchev–Trinajstić information content (AvgIpc) is 2.55. The second-order valence-corrected chi connectivity index (χ2v) is 7.65. The molecule has 0 saturated carbocycles. The predicted molar refractivity (Wildman–Crippen MR) is 110 cm³/mol. The van der Waals surface area contributed by atoms with Gasteiger partial charge >= 0.3 is 11.9 Å². The highest BCUT2D eigenvalue weighted by Crippen LogP contribution is 2.14. The van der Waals surface area contributed by atoms with Crippen molar-refractivity contribution in [3.63, 3.8) is 0 Å². The van der Waals surface area contributed by atoms with Crippen LogP contribution in [-0.2, 0) is 9.59 Å². The Labute approximate surface area is 161 Å². The Balaban J connectivity index is 0. The number of carboxylic acid groups (broad SMARTS) is 2. The summed E-state index contributed by atoms with van der Waals surface area (Å²) >= 11 is 0. The van der Waals surface area contributed by atoms with Crippen LogP contribution >= 0.6 is 0 Å². The Bertz CT molecular complexity index is 349. The van der Waals surface area contributed by atoms with E-state index in [1.807, 2.05) is 0 Å². The molecule has 0 fully saturated rings. The second-order valence-electron chi connectivity index (χ2n) is 7.65. The molecule has 0 aliphatic heterocycles. The average molecular weight is 371 g/mol. The summed E-state index contributed by atoms with van der Waals surface area (Å²) in [5.74, 6) is -0.723. The molecule has 0 aromatic rings. The standard InChI is InChI=1S/C18H36O2.C4H6O2/c1-17(2)15-13-11-9-7-5-3-4-6-8-10-12-14-16-18(19)20;1-3(2)4(5)6/h17H,3-16H2,1-2H3,(H,19,20);1H2,2H3,(H,5,6). The van der Waals surface area contributed by atoms with Gasteiger partial charge in [0, 0.05) is 12.0 Å². The molecule has 0 unspecified atom stereocenters. The van der Waals surface area contributed by atoms with Crippen molar-refractivity contribution in [2.75, 3.05) is 0 Å². The van der Waals surface area contributed by atoms with Crippen LogP contribution in [0.4, 0.5) is 0 Å². The molecule has 0 aliphatic carbocycles. The fourth-order valence-corrected chi connectivity index (χ4v) is 2.60. The van der Waals surface area contributed by atoms with Gasteiger partial charge in [0.05, 0.1) is 0 Å². The minimum atomic E-state index is -0.935. The lowest BCUT2D eigenvalue weighted by molar-refractivity contribution is -0.137. The van der Waals surface area contributed by atoms with E-state index in [-0.39, 0.29) is 5.57 Å². The minimum absolute atomic E-state index is 0.176. The summed E-state index contributed by atoms with van der Waals surface area (Å²) in [6.07, 6.45) is 17.3. The van der Waals surface area contributed by atoms with E-state index in [0.29, 0.717) is 6.42 Å². The van der Waals surface area contributed by atoms with E-state index in [9.17, 15) is 9.59 Å². The van der Waals surface area contributed by atoms with Gasteiger partial charge in [-0.25, -0.2) is 4.79 Å². The van der Waals surface area contributed by atoms with E-state index in [4.69, 9.17) is 10.2 Å². The maximum Gasteiger partial charge on any atom is 0.330 e. The molecule has 2 N–H and O–H groups in total. The lowest BCUT2D eigenvalue weighted by Crippen LogP contribution is -1.93. The normalized spacial score (nSPS) is 10.3. The summed E-state index contributed by atoms with van der Waals surface area (Å²) < 4.78 is 0. The molecule has 0 spiro atoms. The number of aliphatic carboxylic acids is 2. The highest BCUT2D eigenvalue weighted by molar-refractivity contribution is 5.84. The first-order chi connectivity index (χ1) is 12.3. The molecular formula is C22H42O4. The van der Waals surface area contributed by atoms with E-state index >= 15 is 0 Å². The van der Waals surface area contributed by atoms with Crippen molar-refractivity contribution in [2.45, 2.75) is 111 Å². The molecule has 0 aromatic heterocycles. The van der Waals surface area contributed by atoms with E-state index in [2.05, 4.69) is 20.4 Å². The van der Waals surface area contributed by atoms with Crippen LogP contribution in [0.1, 0.15) is 111 Å². The highest BCUT2D eigenvalue weighted by atomic mass is 16.4. The van der Waals surface area contributed by atoms with Crippen molar-refractivity contribution < 1.29 is 19.8 Å². The Hall–Kier alpha value is -1.32. The SMILES string of the molecule is C=C(C)C(=O)O.CC(C)CCCCCCCCCCCCCCC(=O)O. The molecule has 0 heterocycles. The molecule has 4 nitrogen and oxygen atoms in total. The molecule has 0 radical (unpaired) electrons. The number of carbonyl (C=O) groups is 2. The molecular weight excluding hydrogens is 328 g/mol. The van der Waals surface area contributed by atoms with Crippen molar-refractivity contribution in [1.29, 1.82) is 0 Å². The zero-order valence-electron chi connectivity index (χ0n) is 17.4. The van der Waals surface area contributed by atoms with Gasteiger partial charge in [-0.1, -0.05) is 97.5 Å². The molecule has 0 rings (SSSR count). The van der Waals surface area contributed by atoms with Gasteiger partial charge in [0.1, 0.15) is 0 Å². The highest BCUT2D eigenvalue weighted by Gasteiger charge is 1.97. The van der Waals surface area contributed by atoms with Crippen LogP contribution in [0.2, 0.25) is 0 Å². The van der Waals surface area contributed by atoms with Gasteiger partial charge in [-0.2, -0.15) is 0 Å². The Morgan fingerprint density at radius 1 is 0.731 bits per heavy atom.